The van der Waals surface area contributed by atoms with Crippen LogP contribution in [0.25, 0.3) is 0 Å². The van der Waals surface area contributed by atoms with Gasteiger partial charge in [0.15, 0.2) is 0 Å². The number of hydrazine groups is 1. The van der Waals surface area contributed by atoms with Gasteiger partial charge in [-0.3, -0.25) is 25.8 Å². The second-order valence-corrected chi connectivity index (χ2v) is 7.56. The van der Waals surface area contributed by atoms with Gasteiger partial charge in [-0.15, -0.1) is 0 Å². The summed E-state index contributed by atoms with van der Waals surface area (Å²) in [4.78, 5) is 31.0. The molecule has 0 aliphatic carbocycles. The number of nitro groups is 1. The Balaban J connectivity index is 1.80. The molecule has 28 heavy (non-hydrogen) atoms. The number of rotatable bonds is 6. The number of halogens is 2. The number of hydrogen-bond acceptors (Lipinski definition) is 7. The summed E-state index contributed by atoms with van der Waals surface area (Å²) in [7, 11) is 0. The average molecular weight is 555 g/mol. The Kier molecular flexibility index (Phi) is 6.36. The van der Waals surface area contributed by atoms with E-state index < -0.39 is 16.5 Å². The van der Waals surface area contributed by atoms with Gasteiger partial charge in [-0.1, -0.05) is 15.9 Å². The van der Waals surface area contributed by atoms with Gasteiger partial charge in [0.25, 0.3) is 5.91 Å². The maximum absolute atomic E-state index is 12.2. The fraction of sp³-hybridized carbons (Fsp3) is 0. The average Bonchev–Trinajstić information content (AvgIpc) is 2.68. The van der Waals surface area contributed by atoms with E-state index in [1.165, 1.54) is 0 Å². The van der Waals surface area contributed by atoms with Crippen molar-refractivity contribution in [2.24, 2.45) is 0 Å². The summed E-state index contributed by atoms with van der Waals surface area (Å²) in [6.45, 7) is 0. The molecule has 0 spiro atoms. The van der Waals surface area contributed by atoms with Crippen molar-refractivity contribution >= 4 is 67.4 Å². The first-order valence-electron chi connectivity index (χ1n) is 7.78. The summed E-state index contributed by atoms with van der Waals surface area (Å²) in [6.07, 6.45) is 1.16. The fourth-order valence-corrected chi connectivity index (χ4v) is 2.82. The summed E-state index contributed by atoms with van der Waals surface area (Å²) in [5, 5.41) is 14.5. The minimum atomic E-state index is -0.622. The normalized spacial score (nSPS) is 10.2. The summed E-state index contributed by atoms with van der Waals surface area (Å²) in [6, 6.07) is 13.9. The number of hydrogen-bond donors (Lipinski definition) is 3. The van der Waals surface area contributed by atoms with Gasteiger partial charge in [0.05, 0.1) is 4.92 Å². The zero-order valence-electron chi connectivity index (χ0n) is 14.0. The lowest BCUT2D eigenvalue weighted by molar-refractivity contribution is -0.383. The van der Waals surface area contributed by atoms with E-state index in [0.29, 0.717) is 11.3 Å². The lowest BCUT2D eigenvalue weighted by atomic mass is 10.2. The molecule has 2 aromatic carbocycles. The summed E-state index contributed by atoms with van der Waals surface area (Å²) < 4.78 is 1.85. The molecular formula is C17H12BrIN6O3. The minimum absolute atomic E-state index is 0.00148. The van der Waals surface area contributed by atoms with Crippen LogP contribution in [0, 0.1) is 13.7 Å². The van der Waals surface area contributed by atoms with E-state index in [-0.39, 0.29) is 11.6 Å². The van der Waals surface area contributed by atoms with Crippen LogP contribution >= 0.6 is 38.5 Å². The molecule has 0 aliphatic heterocycles. The van der Waals surface area contributed by atoms with Crippen LogP contribution < -0.4 is 16.2 Å². The molecule has 0 aliphatic rings. The van der Waals surface area contributed by atoms with Crippen molar-refractivity contribution in [2.75, 3.05) is 10.7 Å². The van der Waals surface area contributed by atoms with Crippen molar-refractivity contribution in [3.8, 4) is 0 Å². The van der Waals surface area contributed by atoms with E-state index >= 15 is 0 Å². The first-order chi connectivity index (χ1) is 13.4. The van der Waals surface area contributed by atoms with Gasteiger partial charge >= 0.3 is 5.69 Å². The molecule has 3 N–H and O–H groups in total. The second kappa shape index (κ2) is 8.93. The Labute approximate surface area is 181 Å². The Morgan fingerprint density at radius 1 is 1.04 bits per heavy atom. The van der Waals surface area contributed by atoms with Crippen LogP contribution in [0.4, 0.5) is 23.0 Å². The molecule has 0 bridgehead atoms. The van der Waals surface area contributed by atoms with Gasteiger partial charge in [-0.2, -0.15) is 0 Å². The number of carbonyl (C=O) groups is 1. The molecule has 1 heterocycles. The Hall–Kier alpha value is -2.80. The van der Waals surface area contributed by atoms with Crippen LogP contribution in [0.1, 0.15) is 10.4 Å². The fourth-order valence-electron chi connectivity index (χ4n) is 2.19. The van der Waals surface area contributed by atoms with Crippen molar-refractivity contribution in [1.82, 2.24) is 15.4 Å². The third kappa shape index (κ3) is 4.92. The monoisotopic (exact) mass is 554 g/mol. The number of nitrogens with one attached hydrogen (secondary N) is 3. The van der Waals surface area contributed by atoms with E-state index in [1.54, 1.807) is 36.4 Å². The Morgan fingerprint density at radius 3 is 2.32 bits per heavy atom. The first-order valence-corrected chi connectivity index (χ1v) is 9.65. The predicted octanol–water partition coefficient (Wildman–Crippen LogP) is 4.25. The SMILES string of the molecule is O=C(NNc1ncnc(Nc2ccc(I)cc2)c1[N+](=O)[O-])c1ccc(Br)cc1. The molecule has 0 radical (unpaired) electrons. The molecule has 11 heteroatoms. The quantitative estimate of drug-likeness (QED) is 0.236. The number of carbonyl (C=O) groups excluding carboxylic acids is 1. The van der Waals surface area contributed by atoms with Crippen molar-refractivity contribution in [2.45, 2.75) is 0 Å². The van der Waals surface area contributed by atoms with Crippen LogP contribution in [-0.4, -0.2) is 20.8 Å². The molecule has 0 fully saturated rings. The highest BCUT2D eigenvalue weighted by Crippen LogP contribution is 2.30. The molecule has 3 rings (SSSR count). The first kappa shape index (κ1) is 19.9. The Morgan fingerprint density at radius 2 is 1.68 bits per heavy atom. The predicted molar refractivity (Wildman–Crippen MR) is 116 cm³/mol. The zero-order chi connectivity index (χ0) is 20.1. The van der Waals surface area contributed by atoms with Crippen LogP contribution in [0.5, 0.6) is 0 Å². The van der Waals surface area contributed by atoms with E-state index in [2.05, 4.69) is 64.7 Å². The smallest absolute Gasteiger partial charge is 0.334 e. The van der Waals surface area contributed by atoms with E-state index in [4.69, 9.17) is 0 Å². The van der Waals surface area contributed by atoms with E-state index in [1.807, 2.05) is 12.1 Å². The van der Waals surface area contributed by atoms with Gasteiger partial charge in [-0.05, 0) is 71.1 Å². The lowest BCUT2D eigenvalue weighted by Crippen LogP contribution is -2.30. The minimum Gasteiger partial charge on any atom is -0.334 e. The van der Waals surface area contributed by atoms with Crippen molar-refractivity contribution in [1.29, 1.82) is 0 Å². The molecular weight excluding hydrogens is 543 g/mol. The van der Waals surface area contributed by atoms with Gasteiger partial charge in [0, 0.05) is 19.3 Å². The van der Waals surface area contributed by atoms with E-state index in [9.17, 15) is 14.9 Å². The largest absolute Gasteiger partial charge is 0.355 e. The maximum Gasteiger partial charge on any atom is 0.355 e. The number of benzene rings is 2. The number of nitrogens with zero attached hydrogens (tertiary/aromatic N) is 3. The highest BCUT2D eigenvalue weighted by Gasteiger charge is 2.23. The van der Waals surface area contributed by atoms with Crippen molar-refractivity contribution in [3.63, 3.8) is 0 Å². The highest BCUT2D eigenvalue weighted by molar-refractivity contribution is 14.1. The van der Waals surface area contributed by atoms with Crippen LogP contribution in [0.3, 0.4) is 0 Å². The standard InChI is InChI=1S/C17H12BrIN6O3/c18-11-3-1-10(2-4-11)17(26)24-23-16-14(25(27)28)15(20-9-21-16)22-13-7-5-12(19)6-8-13/h1-9H,(H,24,26)(H2,20,21,22,23). The number of aromatic nitrogens is 2. The maximum atomic E-state index is 12.2. The third-order valence-corrected chi connectivity index (χ3v) is 4.76. The van der Waals surface area contributed by atoms with Crippen LogP contribution in [0.15, 0.2) is 59.3 Å². The second-order valence-electron chi connectivity index (χ2n) is 5.39. The summed E-state index contributed by atoms with van der Waals surface area (Å²) in [5.74, 6) is -0.604. The summed E-state index contributed by atoms with van der Waals surface area (Å²) in [5.41, 5.74) is 5.52. The number of amides is 1. The van der Waals surface area contributed by atoms with Gasteiger partial charge in [0.1, 0.15) is 6.33 Å². The number of anilines is 3. The molecule has 1 aromatic heterocycles. The topological polar surface area (TPSA) is 122 Å². The zero-order valence-corrected chi connectivity index (χ0v) is 17.8. The van der Waals surface area contributed by atoms with Gasteiger partial charge < -0.3 is 5.32 Å². The molecule has 3 aromatic rings. The van der Waals surface area contributed by atoms with Gasteiger partial charge in [0.2, 0.25) is 11.6 Å². The molecule has 0 saturated carbocycles. The van der Waals surface area contributed by atoms with Crippen LogP contribution in [-0.2, 0) is 0 Å². The van der Waals surface area contributed by atoms with E-state index in [0.717, 1.165) is 14.4 Å². The summed E-state index contributed by atoms with van der Waals surface area (Å²) >= 11 is 5.45. The molecule has 1 amide bonds. The lowest BCUT2D eigenvalue weighted by Gasteiger charge is -2.11. The molecule has 0 unspecified atom stereocenters. The molecule has 0 saturated heterocycles. The molecule has 142 valence electrons. The molecule has 0 atom stereocenters. The highest BCUT2D eigenvalue weighted by atomic mass is 127. The van der Waals surface area contributed by atoms with Gasteiger partial charge in [-0.25, -0.2) is 9.97 Å². The third-order valence-electron chi connectivity index (χ3n) is 3.51. The molecule has 9 nitrogen and oxygen atoms in total. The van der Waals surface area contributed by atoms with Crippen LogP contribution in [0.2, 0.25) is 0 Å². The van der Waals surface area contributed by atoms with Crippen molar-refractivity contribution < 1.29 is 9.72 Å². The Bertz CT molecular complexity index is 1010. The van der Waals surface area contributed by atoms with Crippen molar-refractivity contribution in [3.05, 3.63) is 78.6 Å².